The van der Waals surface area contributed by atoms with Crippen LogP contribution < -0.4 is 14.2 Å². The van der Waals surface area contributed by atoms with Crippen LogP contribution in [0, 0.1) is 0 Å². The molecule has 0 N–H and O–H groups in total. The first-order chi connectivity index (χ1) is 19.2. The Labute approximate surface area is 253 Å². The predicted octanol–water partition coefficient (Wildman–Crippen LogP) is 10.7. The number of ether oxygens (including phenoxy) is 3. The van der Waals surface area contributed by atoms with Crippen LogP contribution >= 0.6 is 0 Å². The van der Waals surface area contributed by atoms with E-state index in [1.165, 1.54) is 0 Å². The first kappa shape index (κ1) is 32.8. The summed E-state index contributed by atoms with van der Waals surface area (Å²) in [6.07, 6.45) is 0. The number of hydrogen-bond donors (Lipinski definition) is 0. The summed E-state index contributed by atoms with van der Waals surface area (Å²) in [7, 11) is 4.00. The largest absolute Gasteiger partial charge is 0.425 e. The molecule has 3 nitrogen and oxygen atoms in total. The highest BCUT2D eigenvalue weighted by atomic mass is 28.1. The van der Waals surface area contributed by atoms with E-state index in [0.29, 0.717) is 0 Å². The van der Waals surface area contributed by atoms with Gasteiger partial charge in [0.1, 0.15) is 17.2 Å². The second-order valence-corrected chi connectivity index (χ2v) is 13.7. The number of rotatable bonds is 12. The molecular weight excluding hydrogens is 520 g/mol. The lowest BCUT2D eigenvalue weighted by molar-refractivity contribution is -0.186. The van der Waals surface area contributed by atoms with Gasteiger partial charge in [0.05, 0.1) is 0 Å². The van der Waals surface area contributed by atoms with Crippen LogP contribution in [0.15, 0.2) is 54.6 Å². The van der Waals surface area contributed by atoms with Gasteiger partial charge < -0.3 is 14.2 Å². The third-order valence-electron chi connectivity index (χ3n) is 7.67. The molecule has 0 aliphatic rings. The van der Waals surface area contributed by atoms with Crippen LogP contribution in [0.4, 0.5) is 0 Å². The van der Waals surface area contributed by atoms with Crippen molar-refractivity contribution in [3.63, 3.8) is 0 Å². The minimum atomic E-state index is -1.63. The summed E-state index contributed by atoms with van der Waals surface area (Å²) >= 11 is 0. The molecule has 221 valence electrons. The quantitative estimate of drug-likeness (QED) is 0.160. The van der Waals surface area contributed by atoms with E-state index in [-0.39, 0.29) is 35.5 Å². The summed E-state index contributed by atoms with van der Waals surface area (Å²) in [5.74, 6) is 3.92. The van der Waals surface area contributed by atoms with Crippen LogP contribution in [0.3, 0.4) is 0 Å². The maximum Gasteiger partial charge on any atom is 0.372 e. The molecule has 4 heteroatoms. The molecule has 0 unspecified atom stereocenters. The molecule has 0 aliphatic carbocycles. The van der Waals surface area contributed by atoms with Gasteiger partial charge in [0.15, 0.2) is 0 Å². The maximum absolute atomic E-state index is 7.00. The highest BCUT2D eigenvalue weighted by Gasteiger charge is 2.38. The summed E-state index contributed by atoms with van der Waals surface area (Å²) in [5.41, 5.74) is 5.09. The maximum atomic E-state index is 7.00. The van der Waals surface area contributed by atoms with Crippen molar-refractivity contribution < 1.29 is 14.2 Å². The monoisotopic (exact) mass is 571 g/mol. The van der Waals surface area contributed by atoms with Gasteiger partial charge in [0, 0.05) is 0 Å². The predicted molar refractivity (Wildman–Crippen MR) is 174 cm³/mol. The topological polar surface area (TPSA) is 27.7 Å². The van der Waals surface area contributed by atoms with E-state index in [4.69, 9.17) is 14.2 Å². The van der Waals surface area contributed by atoms with Gasteiger partial charge in [0.25, 0.3) is 0 Å². The number of benzene rings is 3. The van der Waals surface area contributed by atoms with Crippen LogP contribution in [-0.4, -0.2) is 15.8 Å². The molecule has 0 heterocycles. The fourth-order valence-corrected chi connectivity index (χ4v) is 5.57. The van der Waals surface area contributed by atoms with Crippen LogP contribution in [0.25, 0.3) is 0 Å². The Morgan fingerprint density at radius 1 is 0.390 bits per heavy atom. The Morgan fingerprint density at radius 3 is 0.707 bits per heavy atom. The zero-order valence-corrected chi connectivity index (χ0v) is 28.4. The average Bonchev–Trinajstić information content (AvgIpc) is 2.87. The molecular formula is C37H51O3Si. The van der Waals surface area contributed by atoms with Gasteiger partial charge in [-0.1, -0.05) is 138 Å². The van der Waals surface area contributed by atoms with Crippen molar-refractivity contribution in [2.75, 3.05) is 0 Å². The summed E-state index contributed by atoms with van der Waals surface area (Å²) < 4.78 is 21.0. The van der Waals surface area contributed by atoms with Crippen molar-refractivity contribution in [2.45, 2.75) is 124 Å². The molecule has 3 aromatic rings. The Kier molecular flexibility index (Phi) is 10.8. The third-order valence-corrected chi connectivity index (χ3v) is 7.98. The van der Waals surface area contributed by atoms with E-state index in [1.54, 1.807) is 0 Å². The van der Waals surface area contributed by atoms with Crippen molar-refractivity contribution in [1.29, 1.82) is 0 Å². The SMILES string of the molecule is CC(C)c1cccc(C(C)C)c1OC([Si])(Oc1c(C(C)C)cccc1C(C)C)Oc1c(C(C)C)cccc1C(C)C. The van der Waals surface area contributed by atoms with E-state index >= 15 is 0 Å². The molecule has 3 radical (unpaired) electrons. The summed E-state index contributed by atoms with van der Waals surface area (Å²) in [5, 5.41) is 0. The lowest BCUT2D eigenvalue weighted by Gasteiger charge is -2.37. The third kappa shape index (κ3) is 7.57. The van der Waals surface area contributed by atoms with Crippen molar-refractivity contribution in [2.24, 2.45) is 0 Å². The molecule has 0 saturated carbocycles. The number of para-hydroxylation sites is 3. The molecule has 0 fully saturated rings. The van der Waals surface area contributed by atoms with Gasteiger partial charge in [-0.25, -0.2) is 0 Å². The normalized spacial score (nSPS) is 12.4. The second kappa shape index (κ2) is 13.5. The van der Waals surface area contributed by atoms with Gasteiger partial charge in [-0.05, 0) is 68.9 Å². The molecule has 41 heavy (non-hydrogen) atoms. The number of hydrogen-bond acceptors (Lipinski definition) is 3. The van der Waals surface area contributed by atoms with Gasteiger partial charge in [-0.2, -0.15) is 0 Å². The van der Waals surface area contributed by atoms with E-state index in [1.807, 2.05) is 0 Å². The molecule has 0 aliphatic heterocycles. The molecule has 0 atom stereocenters. The van der Waals surface area contributed by atoms with Crippen molar-refractivity contribution in [3.8, 4) is 17.2 Å². The lowest BCUT2D eigenvalue weighted by atomic mass is 9.93. The lowest BCUT2D eigenvalue weighted by Crippen LogP contribution is -2.50. The molecule has 3 aromatic carbocycles. The van der Waals surface area contributed by atoms with E-state index in [0.717, 1.165) is 50.6 Å². The van der Waals surface area contributed by atoms with E-state index in [9.17, 15) is 0 Å². The summed E-state index contributed by atoms with van der Waals surface area (Å²) in [4.78, 5) is 0. The Hall–Kier alpha value is -2.72. The summed E-state index contributed by atoms with van der Waals surface area (Å²) in [6, 6.07) is 19.2. The minimum absolute atomic E-state index is 0.253. The van der Waals surface area contributed by atoms with Crippen LogP contribution in [-0.2, 0) is 0 Å². The van der Waals surface area contributed by atoms with Gasteiger partial charge in [0.2, 0.25) is 10.2 Å². The molecule has 0 saturated heterocycles. The Balaban J connectivity index is 2.33. The highest BCUT2D eigenvalue weighted by molar-refractivity contribution is 6.13. The first-order valence-electron chi connectivity index (χ1n) is 15.4. The zero-order valence-electron chi connectivity index (χ0n) is 27.4. The molecule has 0 spiro atoms. The Bertz CT molecular complexity index is 1070. The standard InChI is InChI=1S/C37H51O3Si/c1-22(2)28-16-13-17-29(23(3)4)34(28)38-37(41,39-35-30(24(5)6)18-14-19-31(35)25(7)8)40-36-32(26(9)10)20-15-21-33(36)27(11)12/h13-27H,1-12H3. The minimum Gasteiger partial charge on any atom is -0.425 e. The fraction of sp³-hybridized carbons (Fsp3) is 0.514. The second-order valence-electron chi connectivity index (χ2n) is 13.1. The van der Waals surface area contributed by atoms with Gasteiger partial charge in [-0.15, -0.1) is 0 Å². The van der Waals surface area contributed by atoms with Gasteiger partial charge >= 0.3 is 5.60 Å². The molecule has 0 aromatic heterocycles. The van der Waals surface area contributed by atoms with Crippen molar-refractivity contribution >= 4 is 10.2 Å². The van der Waals surface area contributed by atoms with Crippen LogP contribution in [0.2, 0.25) is 0 Å². The first-order valence-corrected chi connectivity index (χ1v) is 15.9. The van der Waals surface area contributed by atoms with Crippen LogP contribution in [0.5, 0.6) is 17.2 Å². The smallest absolute Gasteiger partial charge is 0.372 e. The zero-order chi connectivity index (χ0) is 30.6. The molecule has 0 amide bonds. The average molecular weight is 572 g/mol. The summed E-state index contributed by atoms with van der Waals surface area (Å²) in [6.45, 7) is 26.3. The van der Waals surface area contributed by atoms with E-state index in [2.05, 4.69) is 148 Å². The van der Waals surface area contributed by atoms with Crippen molar-refractivity contribution in [1.82, 2.24) is 0 Å². The van der Waals surface area contributed by atoms with Crippen molar-refractivity contribution in [3.05, 3.63) is 88.0 Å². The highest BCUT2D eigenvalue weighted by Crippen LogP contribution is 2.43. The van der Waals surface area contributed by atoms with Gasteiger partial charge in [-0.3, -0.25) is 0 Å². The fourth-order valence-electron chi connectivity index (χ4n) is 5.27. The Morgan fingerprint density at radius 2 is 0.561 bits per heavy atom. The molecule has 3 rings (SSSR count). The van der Waals surface area contributed by atoms with E-state index < -0.39 is 5.60 Å². The van der Waals surface area contributed by atoms with Crippen LogP contribution in [0.1, 0.15) is 152 Å². The molecule has 0 bridgehead atoms.